The van der Waals surface area contributed by atoms with Crippen molar-refractivity contribution in [1.29, 1.82) is 0 Å². The van der Waals surface area contributed by atoms with Crippen LogP contribution in [-0.2, 0) is 11.3 Å². The minimum absolute atomic E-state index is 0.00774. The zero-order valence-electron chi connectivity index (χ0n) is 21.0. The number of piperidine rings is 1. The van der Waals surface area contributed by atoms with Gasteiger partial charge in [0.05, 0.1) is 26.5 Å². The van der Waals surface area contributed by atoms with Gasteiger partial charge in [0.15, 0.2) is 0 Å². The maximum absolute atomic E-state index is 13.5. The highest BCUT2D eigenvalue weighted by Crippen LogP contribution is 2.36. The number of likely N-dealkylation sites (tertiary alicyclic amines) is 1. The number of fused-ring (bicyclic) bond motifs is 1. The van der Waals surface area contributed by atoms with Crippen molar-refractivity contribution < 1.29 is 23.8 Å². The number of carbonyl (C=O) groups is 2. The SMILES string of the molecule is CC[C@@H]1CN(C(=O)N2CCC(C(=O)NCc3ccc(OC)cc3OC)CC2)c2cc(C)ccc2O1. The number of nitrogens with zero attached hydrogens (tertiary/aromatic N) is 2. The summed E-state index contributed by atoms with van der Waals surface area (Å²) in [6.45, 7) is 6.11. The first kappa shape index (κ1) is 24.7. The van der Waals surface area contributed by atoms with Gasteiger partial charge in [-0.2, -0.15) is 0 Å². The monoisotopic (exact) mass is 481 g/mol. The van der Waals surface area contributed by atoms with Gasteiger partial charge in [-0.25, -0.2) is 4.79 Å². The molecule has 2 aliphatic heterocycles. The van der Waals surface area contributed by atoms with E-state index in [1.54, 1.807) is 20.3 Å². The first-order valence-corrected chi connectivity index (χ1v) is 12.3. The van der Waals surface area contributed by atoms with E-state index < -0.39 is 0 Å². The maximum atomic E-state index is 13.5. The van der Waals surface area contributed by atoms with Crippen LogP contribution in [0, 0.1) is 12.8 Å². The summed E-state index contributed by atoms with van der Waals surface area (Å²) in [5, 5.41) is 3.03. The van der Waals surface area contributed by atoms with Crippen molar-refractivity contribution in [2.45, 2.75) is 45.8 Å². The fourth-order valence-electron chi connectivity index (χ4n) is 4.68. The summed E-state index contributed by atoms with van der Waals surface area (Å²) in [6, 6.07) is 11.5. The van der Waals surface area contributed by atoms with E-state index in [1.807, 2.05) is 47.1 Å². The number of amides is 3. The number of benzene rings is 2. The van der Waals surface area contributed by atoms with Crippen molar-refractivity contribution in [3.63, 3.8) is 0 Å². The molecule has 0 aliphatic carbocycles. The molecular formula is C27H35N3O5. The number of ether oxygens (including phenoxy) is 3. The zero-order valence-corrected chi connectivity index (χ0v) is 21.0. The molecule has 1 saturated heterocycles. The minimum Gasteiger partial charge on any atom is -0.497 e. The molecule has 0 bridgehead atoms. The van der Waals surface area contributed by atoms with Crippen LogP contribution in [0.5, 0.6) is 17.2 Å². The average molecular weight is 482 g/mol. The van der Waals surface area contributed by atoms with Gasteiger partial charge in [0.25, 0.3) is 0 Å². The highest BCUT2D eigenvalue weighted by Gasteiger charge is 2.34. The number of nitrogens with one attached hydrogen (secondary N) is 1. The first-order chi connectivity index (χ1) is 16.9. The number of rotatable bonds is 6. The highest BCUT2D eigenvalue weighted by molar-refractivity contribution is 5.94. The number of carbonyl (C=O) groups excluding carboxylic acids is 2. The van der Waals surface area contributed by atoms with Crippen LogP contribution in [0.2, 0.25) is 0 Å². The fourth-order valence-corrected chi connectivity index (χ4v) is 4.68. The number of urea groups is 1. The lowest BCUT2D eigenvalue weighted by Gasteiger charge is -2.39. The smallest absolute Gasteiger partial charge is 0.324 e. The molecule has 188 valence electrons. The van der Waals surface area contributed by atoms with E-state index in [0.717, 1.165) is 29.0 Å². The summed E-state index contributed by atoms with van der Waals surface area (Å²) in [5.41, 5.74) is 2.80. The van der Waals surface area contributed by atoms with Crippen LogP contribution in [-0.4, -0.2) is 56.8 Å². The lowest BCUT2D eigenvalue weighted by atomic mass is 9.96. The summed E-state index contributed by atoms with van der Waals surface area (Å²) < 4.78 is 16.7. The molecule has 35 heavy (non-hydrogen) atoms. The molecule has 8 nitrogen and oxygen atoms in total. The average Bonchev–Trinajstić information content (AvgIpc) is 2.90. The normalized spacial score (nSPS) is 17.9. The summed E-state index contributed by atoms with van der Waals surface area (Å²) in [4.78, 5) is 30.0. The zero-order chi connectivity index (χ0) is 24.9. The van der Waals surface area contributed by atoms with Crippen molar-refractivity contribution in [2.75, 3.05) is 38.8 Å². The van der Waals surface area contributed by atoms with Crippen LogP contribution < -0.4 is 24.4 Å². The van der Waals surface area contributed by atoms with E-state index in [2.05, 4.69) is 12.2 Å². The molecule has 0 spiro atoms. The third kappa shape index (κ3) is 5.47. The quantitative estimate of drug-likeness (QED) is 0.671. The van der Waals surface area contributed by atoms with Gasteiger partial charge in [0, 0.05) is 37.2 Å². The molecular weight excluding hydrogens is 446 g/mol. The Labute approximate surface area is 207 Å². The Bertz CT molecular complexity index is 1060. The predicted molar refractivity (Wildman–Crippen MR) is 134 cm³/mol. The van der Waals surface area contributed by atoms with Crippen molar-refractivity contribution in [3.05, 3.63) is 47.5 Å². The third-order valence-corrected chi connectivity index (χ3v) is 6.85. The van der Waals surface area contributed by atoms with Gasteiger partial charge in [-0.15, -0.1) is 0 Å². The van der Waals surface area contributed by atoms with Crippen molar-refractivity contribution in [2.24, 2.45) is 5.92 Å². The van der Waals surface area contributed by atoms with E-state index in [-0.39, 0.29) is 24.0 Å². The summed E-state index contributed by atoms with van der Waals surface area (Å²) in [6.07, 6.45) is 2.09. The van der Waals surface area contributed by atoms with Gasteiger partial charge in [0.2, 0.25) is 5.91 Å². The van der Waals surface area contributed by atoms with Gasteiger partial charge in [0.1, 0.15) is 23.4 Å². The molecule has 8 heteroatoms. The van der Waals surface area contributed by atoms with E-state index in [1.165, 1.54) is 0 Å². The van der Waals surface area contributed by atoms with Crippen LogP contribution in [0.3, 0.4) is 0 Å². The highest BCUT2D eigenvalue weighted by atomic mass is 16.5. The molecule has 2 aromatic rings. The van der Waals surface area contributed by atoms with Crippen molar-refractivity contribution in [3.8, 4) is 17.2 Å². The Morgan fingerprint density at radius 1 is 1.09 bits per heavy atom. The van der Waals surface area contributed by atoms with Crippen LogP contribution in [0.25, 0.3) is 0 Å². The number of aryl methyl sites for hydroxylation is 1. The Balaban J connectivity index is 1.34. The molecule has 1 atom stereocenters. The maximum Gasteiger partial charge on any atom is 0.324 e. The largest absolute Gasteiger partial charge is 0.497 e. The second-order valence-corrected chi connectivity index (χ2v) is 9.17. The summed E-state index contributed by atoms with van der Waals surface area (Å²) in [5.74, 6) is 2.03. The fraction of sp³-hybridized carbons (Fsp3) is 0.481. The standard InChI is InChI=1S/C27H35N3O5/c1-5-21-17-30(23-14-18(2)6-9-24(23)35-21)27(32)29-12-10-19(11-13-29)26(31)28-16-20-7-8-22(33-3)15-25(20)34-4/h6-9,14-15,19,21H,5,10-13,16-17H2,1-4H3,(H,28,31)/t21-/m1/s1. The number of hydrogen-bond acceptors (Lipinski definition) is 5. The number of hydrogen-bond donors (Lipinski definition) is 1. The van der Waals surface area contributed by atoms with Gasteiger partial charge in [-0.1, -0.05) is 13.0 Å². The molecule has 4 rings (SSSR count). The predicted octanol–water partition coefficient (Wildman–Crippen LogP) is 4.14. The van der Waals surface area contributed by atoms with Gasteiger partial charge in [-0.3, -0.25) is 9.69 Å². The Hall–Kier alpha value is -3.42. The van der Waals surface area contributed by atoms with Crippen LogP contribution in [0.1, 0.15) is 37.3 Å². The molecule has 2 aliphatic rings. The van der Waals surface area contributed by atoms with Crippen molar-refractivity contribution in [1.82, 2.24) is 10.2 Å². The Morgan fingerprint density at radius 3 is 2.54 bits per heavy atom. The van der Waals surface area contributed by atoms with E-state index in [9.17, 15) is 9.59 Å². The topological polar surface area (TPSA) is 80.3 Å². The lowest BCUT2D eigenvalue weighted by Crippen LogP contribution is -2.52. The second-order valence-electron chi connectivity index (χ2n) is 9.17. The molecule has 0 radical (unpaired) electrons. The van der Waals surface area contributed by atoms with E-state index in [4.69, 9.17) is 14.2 Å². The molecule has 0 aromatic heterocycles. The van der Waals surface area contributed by atoms with Gasteiger partial charge in [-0.05, 0) is 56.0 Å². The molecule has 3 amide bonds. The van der Waals surface area contributed by atoms with Crippen molar-refractivity contribution >= 4 is 17.6 Å². The summed E-state index contributed by atoms with van der Waals surface area (Å²) in [7, 11) is 3.21. The molecule has 1 fully saturated rings. The summed E-state index contributed by atoms with van der Waals surface area (Å²) >= 11 is 0. The first-order valence-electron chi connectivity index (χ1n) is 12.3. The number of methoxy groups -OCH3 is 2. The molecule has 2 heterocycles. The van der Waals surface area contributed by atoms with E-state index in [0.29, 0.717) is 50.5 Å². The lowest BCUT2D eigenvalue weighted by molar-refractivity contribution is -0.126. The Kier molecular flexibility index (Phi) is 7.68. The molecule has 0 unspecified atom stereocenters. The van der Waals surface area contributed by atoms with E-state index >= 15 is 0 Å². The molecule has 0 saturated carbocycles. The van der Waals surface area contributed by atoms with Crippen LogP contribution in [0.15, 0.2) is 36.4 Å². The molecule has 2 aromatic carbocycles. The van der Waals surface area contributed by atoms with Gasteiger partial charge >= 0.3 is 6.03 Å². The molecule has 1 N–H and O–H groups in total. The number of anilines is 1. The second kappa shape index (κ2) is 10.9. The minimum atomic E-state index is -0.120. The van der Waals surface area contributed by atoms with Gasteiger partial charge < -0.3 is 24.4 Å². The van der Waals surface area contributed by atoms with Crippen LogP contribution in [0.4, 0.5) is 10.5 Å². The third-order valence-electron chi connectivity index (χ3n) is 6.85. The Morgan fingerprint density at radius 2 is 1.86 bits per heavy atom. The van der Waals surface area contributed by atoms with Crippen LogP contribution >= 0.6 is 0 Å².